The van der Waals surface area contributed by atoms with Gasteiger partial charge in [0, 0.05) is 23.0 Å². The van der Waals surface area contributed by atoms with Crippen LogP contribution in [-0.4, -0.2) is 21.9 Å². The van der Waals surface area contributed by atoms with Gasteiger partial charge in [0.15, 0.2) is 0 Å². The summed E-state index contributed by atoms with van der Waals surface area (Å²) in [7, 11) is 1.63. The van der Waals surface area contributed by atoms with Gasteiger partial charge in [-0.2, -0.15) is 0 Å². The molecule has 0 aromatic carbocycles. The largest absolute Gasteiger partial charge is 0.481 e. The molecule has 0 N–H and O–H groups in total. The summed E-state index contributed by atoms with van der Waals surface area (Å²) in [5.41, 5.74) is 1.05. The smallest absolute Gasteiger partial charge is 0.216 e. The van der Waals surface area contributed by atoms with Gasteiger partial charge in [-0.15, -0.1) is 0 Å². The van der Waals surface area contributed by atoms with E-state index in [0.29, 0.717) is 10.7 Å². The Hall–Kier alpha value is -0.640. The minimum atomic E-state index is 0.547. The maximum absolute atomic E-state index is 5.07. The highest BCUT2D eigenvalue weighted by atomic mass is 79.9. The van der Waals surface area contributed by atoms with E-state index < -0.39 is 0 Å². The number of halogens is 1. The molecule has 1 aromatic rings. The number of rotatable bonds is 4. The summed E-state index contributed by atoms with van der Waals surface area (Å²) in [5, 5.41) is 0. The van der Waals surface area contributed by atoms with E-state index in [0.717, 1.165) is 18.0 Å². The van der Waals surface area contributed by atoms with Gasteiger partial charge < -0.3 is 4.74 Å². The standard InChI is InChI=1S/C11H15BrN2O/c1-15-11-6-9(13-7-14-11)5-10(12)8-3-2-4-8/h6-8,10H,2-5H2,1H3. The summed E-state index contributed by atoms with van der Waals surface area (Å²) in [6, 6.07) is 1.91. The van der Waals surface area contributed by atoms with Gasteiger partial charge in [0.05, 0.1) is 7.11 Å². The summed E-state index contributed by atoms with van der Waals surface area (Å²) in [5.74, 6) is 1.47. The van der Waals surface area contributed by atoms with Crippen molar-refractivity contribution in [3.8, 4) is 5.88 Å². The van der Waals surface area contributed by atoms with Crippen molar-refractivity contribution < 1.29 is 4.74 Å². The van der Waals surface area contributed by atoms with Crippen molar-refractivity contribution in [1.29, 1.82) is 0 Å². The third-order valence-electron chi connectivity index (χ3n) is 2.97. The van der Waals surface area contributed by atoms with Crippen LogP contribution in [0.4, 0.5) is 0 Å². The number of ether oxygens (including phenoxy) is 1. The first-order chi connectivity index (χ1) is 7.29. The molecule has 1 aliphatic carbocycles. The van der Waals surface area contributed by atoms with Crippen molar-refractivity contribution in [2.24, 2.45) is 5.92 Å². The molecule has 3 nitrogen and oxygen atoms in total. The lowest BCUT2D eigenvalue weighted by Gasteiger charge is -2.29. The van der Waals surface area contributed by atoms with E-state index >= 15 is 0 Å². The predicted octanol–water partition coefficient (Wildman–Crippen LogP) is 2.59. The number of hydrogen-bond donors (Lipinski definition) is 0. The molecule has 0 radical (unpaired) electrons. The molecule has 0 aliphatic heterocycles. The van der Waals surface area contributed by atoms with Crippen molar-refractivity contribution in [2.75, 3.05) is 7.11 Å². The maximum atomic E-state index is 5.07. The van der Waals surface area contributed by atoms with Crippen LogP contribution in [0.15, 0.2) is 12.4 Å². The molecule has 4 heteroatoms. The Kier molecular flexibility index (Phi) is 3.57. The monoisotopic (exact) mass is 270 g/mol. The zero-order valence-electron chi connectivity index (χ0n) is 8.82. The molecule has 0 saturated heterocycles. The van der Waals surface area contributed by atoms with Crippen LogP contribution in [0.5, 0.6) is 5.88 Å². The second-order valence-electron chi connectivity index (χ2n) is 3.96. The van der Waals surface area contributed by atoms with Gasteiger partial charge in [-0.3, -0.25) is 0 Å². The average molecular weight is 271 g/mol. The van der Waals surface area contributed by atoms with Crippen LogP contribution in [0.1, 0.15) is 25.0 Å². The van der Waals surface area contributed by atoms with Gasteiger partial charge in [0.1, 0.15) is 6.33 Å². The summed E-state index contributed by atoms with van der Waals surface area (Å²) < 4.78 is 5.07. The summed E-state index contributed by atoms with van der Waals surface area (Å²) in [6.45, 7) is 0. The molecule has 1 aliphatic rings. The van der Waals surface area contributed by atoms with Crippen LogP contribution in [0, 0.1) is 5.92 Å². The van der Waals surface area contributed by atoms with Crippen LogP contribution in [-0.2, 0) is 6.42 Å². The molecule has 1 aromatic heterocycles. The molecule has 1 saturated carbocycles. The quantitative estimate of drug-likeness (QED) is 0.789. The Morgan fingerprint density at radius 3 is 2.93 bits per heavy atom. The molecule has 82 valence electrons. The Morgan fingerprint density at radius 1 is 1.53 bits per heavy atom. The van der Waals surface area contributed by atoms with Gasteiger partial charge >= 0.3 is 0 Å². The number of nitrogens with zero attached hydrogens (tertiary/aromatic N) is 2. The molecular weight excluding hydrogens is 256 g/mol. The zero-order valence-corrected chi connectivity index (χ0v) is 10.4. The van der Waals surface area contributed by atoms with Crippen molar-refractivity contribution in [1.82, 2.24) is 9.97 Å². The second kappa shape index (κ2) is 4.92. The highest BCUT2D eigenvalue weighted by Crippen LogP contribution is 2.34. The lowest BCUT2D eigenvalue weighted by atomic mass is 9.82. The predicted molar refractivity (Wildman–Crippen MR) is 62.3 cm³/mol. The van der Waals surface area contributed by atoms with E-state index in [4.69, 9.17) is 4.74 Å². The minimum Gasteiger partial charge on any atom is -0.481 e. The first-order valence-corrected chi connectivity index (χ1v) is 6.20. The van der Waals surface area contributed by atoms with E-state index in [1.165, 1.54) is 19.3 Å². The Labute approximate surface area is 98.4 Å². The van der Waals surface area contributed by atoms with Gasteiger partial charge in [-0.05, 0) is 18.8 Å². The fourth-order valence-electron chi connectivity index (χ4n) is 1.77. The third-order valence-corrected chi connectivity index (χ3v) is 4.04. The van der Waals surface area contributed by atoms with Crippen LogP contribution >= 0.6 is 15.9 Å². The normalized spacial score (nSPS) is 18.3. The first-order valence-electron chi connectivity index (χ1n) is 5.28. The maximum Gasteiger partial charge on any atom is 0.216 e. The Morgan fingerprint density at radius 2 is 2.33 bits per heavy atom. The highest BCUT2D eigenvalue weighted by molar-refractivity contribution is 9.09. The lowest BCUT2D eigenvalue weighted by Crippen LogP contribution is -2.24. The molecule has 1 fully saturated rings. The van der Waals surface area contributed by atoms with E-state index in [-0.39, 0.29) is 0 Å². The topological polar surface area (TPSA) is 35.0 Å². The molecule has 2 rings (SSSR count). The molecule has 15 heavy (non-hydrogen) atoms. The van der Waals surface area contributed by atoms with Crippen LogP contribution in [0.2, 0.25) is 0 Å². The van der Waals surface area contributed by atoms with Crippen molar-refractivity contribution in [3.05, 3.63) is 18.1 Å². The average Bonchev–Trinajstić information content (AvgIpc) is 2.15. The van der Waals surface area contributed by atoms with Gasteiger partial charge in [-0.1, -0.05) is 22.4 Å². The molecule has 0 amide bonds. The van der Waals surface area contributed by atoms with E-state index in [1.807, 2.05) is 6.07 Å². The fraction of sp³-hybridized carbons (Fsp3) is 0.636. The lowest BCUT2D eigenvalue weighted by molar-refractivity contribution is 0.307. The third kappa shape index (κ3) is 2.68. The van der Waals surface area contributed by atoms with Crippen molar-refractivity contribution in [3.63, 3.8) is 0 Å². The van der Waals surface area contributed by atoms with Crippen LogP contribution < -0.4 is 4.74 Å². The van der Waals surface area contributed by atoms with Crippen molar-refractivity contribution in [2.45, 2.75) is 30.5 Å². The molecule has 1 atom stereocenters. The van der Waals surface area contributed by atoms with Crippen LogP contribution in [0.3, 0.4) is 0 Å². The fourth-order valence-corrected chi connectivity index (χ4v) is 2.63. The van der Waals surface area contributed by atoms with E-state index in [2.05, 4.69) is 25.9 Å². The van der Waals surface area contributed by atoms with Gasteiger partial charge in [-0.25, -0.2) is 9.97 Å². The molecule has 1 unspecified atom stereocenters. The summed E-state index contributed by atoms with van der Waals surface area (Å²) in [6.07, 6.45) is 6.59. The molecule has 1 heterocycles. The SMILES string of the molecule is COc1cc(CC(Br)C2CCC2)ncn1. The number of methoxy groups -OCH3 is 1. The summed E-state index contributed by atoms with van der Waals surface area (Å²) in [4.78, 5) is 8.79. The second-order valence-corrected chi connectivity index (χ2v) is 5.14. The van der Waals surface area contributed by atoms with E-state index in [1.54, 1.807) is 13.4 Å². The zero-order chi connectivity index (χ0) is 10.7. The number of hydrogen-bond acceptors (Lipinski definition) is 3. The highest BCUT2D eigenvalue weighted by Gasteiger charge is 2.25. The van der Waals surface area contributed by atoms with Crippen LogP contribution in [0.25, 0.3) is 0 Å². The number of aromatic nitrogens is 2. The van der Waals surface area contributed by atoms with Gasteiger partial charge in [0.25, 0.3) is 0 Å². The first kappa shape index (κ1) is 10.9. The van der Waals surface area contributed by atoms with Crippen molar-refractivity contribution >= 4 is 15.9 Å². The molecular formula is C11H15BrN2O. The summed E-state index contributed by atoms with van der Waals surface area (Å²) >= 11 is 3.74. The Bertz CT molecular complexity index is 328. The minimum absolute atomic E-state index is 0.547. The Balaban J connectivity index is 1.96. The molecule has 0 bridgehead atoms. The molecule has 0 spiro atoms. The number of alkyl halides is 1. The van der Waals surface area contributed by atoms with E-state index in [9.17, 15) is 0 Å². The van der Waals surface area contributed by atoms with Gasteiger partial charge in [0.2, 0.25) is 5.88 Å².